The van der Waals surface area contributed by atoms with Crippen LogP contribution in [0.25, 0.3) is 0 Å². The van der Waals surface area contributed by atoms with Crippen molar-refractivity contribution in [2.24, 2.45) is 5.73 Å². The molecule has 96 valence electrons. The first-order chi connectivity index (χ1) is 8.05. The molecule has 1 aliphatic heterocycles. The summed E-state index contributed by atoms with van der Waals surface area (Å²) in [6, 6.07) is 1.80. The Kier molecular flexibility index (Phi) is 3.87. The average molecular weight is 274 g/mol. The summed E-state index contributed by atoms with van der Waals surface area (Å²) in [6.45, 7) is 3.01. The van der Waals surface area contributed by atoms with Gasteiger partial charge in [0, 0.05) is 29.4 Å². The normalized spacial score (nSPS) is 22.8. The van der Waals surface area contributed by atoms with E-state index in [1.807, 2.05) is 6.92 Å². The molecule has 0 spiro atoms. The van der Waals surface area contributed by atoms with Gasteiger partial charge in [-0.2, -0.15) is 4.31 Å². The second kappa shape index (κ2) is 5.06. The number of nitrogens with zero attached hydrogens (tertiary/aromatic N) is 1. The van der Waals surface area contributed by atoms with Gasteiger partial charge in [0.05, 0.1) is 4.90 Å². The van der Waals surface area contributed by atoms with Crippen molar-refractivity contribution in [1.82, 2.24) is 4.31 Å². The number of rotatable bonds is 3. The topological polar surface area (TPSA) is 63.4 Å². The van der Waals surface area contributed by atoms with E-state index in [1.54, 1.807) is 15.8 Å². The number of sulfonamides is 1. The van der Waals surface area contributed by atoms with Gasteiger partial charge < -0.3 is 5.73 Å². The monoisotopic (exact) mass is 274 g/mol. The van der Waals surface area contributed by atoms with Crippen LogP contribution in [0.2, 0.25) is 0 Å². The molecule has 0 bridgehead atoms. The highest BCUT2D eigenvalue weighted by Gasteiger charge is 2.31. The van der Waals surface area contributed by atoms with Crippen LogP contribution in [0.15, 0.2) is 16.3 Å². The summed E-state index contributed by atoms with van der Waals surface area (Å²) < 4.78 is 26.5. The number of hydrogen-bond donors (Lipinski definition) is 1. The number of hydrogen-bond acceptors (Lipinski definition) is 4. The number of thiophene rings is 1. The van der Waals surface area contributed by atoms with Crippen LogP contribution in [0.3, 0.4) is 0 Å². The first kappa shape index (κ1) is 13.0. The van der Waals surface area contributed by atoms with E-state index in [9.17, 15) is 8.42 Å². The van der Waals surface area contributed by atoms with E-state index in [-0.39, 0.29) is 6.04 Å². The summed E-state index contributed by atoms with van der Waals surface area (Å²) in [5.41, 5.74) is 5.51. The lowest BCUT2D eigenvalue weighted by Gasteiger charge is -2.31. The highest BCUT2D eigenvalue weighted by Crippen LogP contribution is 2.27. The van der Waals surface area contributed by atoms with E-state index in [4.69, 9.17) is 5.73 Å². The fraction of sp³-hybridized carbons (Fsp3) is 0.636. The third-order valence-electron chi connectivity index (χ3n) is 3.18. The van der Waals surface area contributed by atoms with Crippen molar-refractivity contribution in [2.45, 2.75) is 43.7 Å². The third kappa shape index (κ3) is 2.54. The van der Waals surface area contributed by atoms with Crippen LogP contribution >= 0.6 is 11.3 Å². The van der Waals surface area contributed by atoms with Crippen LogP contribution < -0.4 is 5.73 Å². The second-order valence-corrected chi connectivity index (χ2v) is 7.30. The molecule has 6 heteroatoms. The van der Waals surface area contributed by atoms with Crippen LogP contribution in [-0.2, 0) is 16.6 Å². The largest absolute Gasteiger partial charge is 0.326 e. The van der Waals surface area contributed by atoms with Crippen molar-refractivity contribution in [2.75, 3.05) is 6.54 Å². The minimum Gasteiger partial charge on any atom is -0.326 e. The molecule has 1 aliphatic rings. The SMILES string of the molecule is CC1CCCCN1S(=O)(=O)c1csc(CN)c1. The van der Waals surface area contributed by atoms with Gasteiger partial charge >= 0.3 is 0 Å². The highest BCUT2D eigenvalue weighted by atomic mass is 32.2. The van der Waals surface area contributed by atoms with E-state index >= 15 is 0 Å². The first-order valence-corrected chi connectivity index (χ1v) is 8.17. The molecule has 1 unspecified atom stereocenters. The van der Waals surface area contributed by atoms with Crippen molar-refractivity contribution >= 4 is 21.4 Å². The maximum Gasteiger partial charge on any atom is 0.244 e. The summed E-state index contributed by atoms with van der Waals surface area (Å²) >= 11 is 1.41. The zero-order valence-electron chi connectivity index (χ0n) is 9.93. The summed E-state index contributed by atoms with van der Waals surface area (Å²) in [5.74, 6) is 0. The van der Waals surface area contributed by atoms with Crippen molar-refractivity contribution < 1.29 is 8.42 Å². The lowest BCUT2D eigenvalue weighted by Crippen LogP contribution is -2.41. The Morgan fingerprint density at radius 1 is 1.53 bits per heavy atom. The zero-order chi connectivity index (χ0) is 12.5. The molecule has 0 saturated carbocycles. The highest BCUT2D eigenvalue weighted by molar-refractivity contribution is 7.89. The molecular weight excluding hydrogens is 256 g/mol. The maximum atomic E-state index is 12.4. The van der Waals surface area contributed by atoms with Crippen LogP contribution in [-0.4, -0.2) is 25.3 Å². The molecule has 0 aliphatic carbocycles. The molecule has 2 N–H and O–H groups in total. The fourth-order valence-electron chi connectivity index (χ4n) is 2.17. The van der Waals surface area contributed by atoms with Crippen LogP contribution in [0.1, 0.15) is 31.1 Å². The summed E-state index contributed by atoms with van der Waals surface area (Å²) in [5, 5.41) is 1.69. The van der Waals surface area contributed by atoms with Crippen LogP contribution in [0.4, 0.5) is 0 Å². The molecular formula is C11H18N2O2S2. The molecule has 1 aromatic rings. The molecule has 0 aromatic carbocycles. The van der Waals surface area contributed by atoms with Gasteiger partial charge in [-0.05, 0) is 25.8 Å². The smallest absolute Gasteiger partial charge is 0.244 e. The van der Waals surface area contributed by atoms with E-state index in [1.165, 1.54) is 11.3 Å². The molecule has 17 heavy (non-hydrogen) atoms. The molecule has 1 atom stereocenters. The summed E-state index contributed by atoms with van der Waals surface area (Å²) in [6.07, 6.45) is 3.02. The lowest BCUT2D eigenvalue weighted by atomic mass is 10.1. The van der Waals surface area contributed by atoms with E-state index in [0.29, 0.717) is 18.0 Å². The quantitative estimate of drug-likeness (QED) is 0.913. The predicted octanol–water partition coefficient (Wildman–Crippen LogP) is 1.77. The maximum absolute atomic E-state index is 12.4. The molecule has 4 nitrogen and oxygen atoms in total. The Balaban J connectivity index is 2.28. The van der Waals surface area contributed by atoms with Gasteiger partial charge in [0.25, 0.3) is 0 Å². The minimum atomic E-state index is -3.31. The van der Waals surface area contributed by atoms with Gasteiger partial charge in [0.15, 0.2) is 0 Å². The second-order valence-electron chi connectivity index (χ2n) is 4.41. The molecule has 1 fully saturated rings. The van der Waals surface area contributed by atoms with Gasteiger partial charge in [-0.3, -0.25) is 0 Å². The molecule has 1 aromatic heterocycles. The lowest BCUT2D eigenvalue weighted by molar-refractivity contribution is 0.269. The third-order valence-corrected chi connectivity index (χ3v) is 6.28. The zero-order valence-corrected chi connectivity index (χ0v) is 11.6. The van der Waals surface area contributed by atoms with Crippen molar-refractivity contribution in [3.63, 3.8) is 0 Å². The first-order valence-electron chi connectivity index (χ1n) is 5.85. The minimum absolute atomic E-state index is 0.106. The van der Waals surface area contributed by atoms with Gasteiger partial charge in [-0.15, -0.1) is 11.3 Å². The predicted molar refractivity (Wildman–Crippen MR) is 69.4 cm³/mol. The summed E-state index contributed by atoms with van der Waals surface area (Å²) in [4.78, 5) is 1.31. The molecule has 0 amide bonds. The Bertz CT molecular complexity index is 481. The Labute approximate surface area is 106 Å². The molecule has 1 saturated heterocycles. The Morgan fingerprint density at radius 3 is 2.88 bits per heavy atom. The van der Waals surface area contributed by atoms with E-state index in [2.05, 4.69) is 0 Å². The van der Waals surface area contributed by atoms with E-state index in [0.717, 1.165) is 24.1 Å². The van der Waals surface area contributed by atoms with Crippen LogP contribution in [0.5, 0.6) is 0 Å². The van der Waals surface area contributed by atoms with E-state index < -0.39 is 10.0 Å². The van der Waals surface area contributed by atoms with Crippen LogP contribution in [0, 0.1) is 0 Å². The van der Waals surface area contributed by atoms with Gasteiger partial charge in [0.1, 0.15) is 0 Å². The molecule has 2 rings (SSSR count). The van der Waals surface area contributed by atoms with Gasteiger partial charge in [0.2, 0.25) is 10.0 Å². The van der Waals surface area contributed by atoms with Crippen molar-refractivity contribution in [3.05, 3.63) is 16.3 Å². The molecule has 2 heterocycles. The standard InChI is InChI=1S/C11H18N2O2S2/c1-9-4-2-3-5-13(9)17(14,15)11-6-10(7-12)16-8-11/h6,8-9H,2-5,7,12H2,1H3. The Hall–Kier alpha value is -0.430. The summed E-state index contributed by atoms with van der Waals surface area (Å²) in [7, 11) is -3.31. The Morgan fingerprint density at radius 2 is 2.29 bits per heavy atom. The number of piperidine rings is 1. The fourth-order valence-corrected chi connectivity index (χ4v) is 5.01. The van der Waals surface area contributed by atoms with Gasteiger partial charge in [-0.1, -0.05) is 6.42 Å². The van der Waals surface area contributed by atoms with Gasteiger partial charge in [-0.25, -0.2) is 8.42 Å². The van der Waals surface area contributed by atoms with Crippen molar-refractivity contribution in [1.29, 1.82) is 0 Å². The van der Waals surface area contributed by atoms with Crippen molar-refractivity contribution in [3.8, 4) is 0 Å². The average Bonchev–Trinajstić information content (AvgIpc) is 2.78. The molecule has 0 radical (unpaired) electrons. The number of nitrogens with two attached hydrogens (primary N) is 1.